The minimum atomic E-state index is -1.04. The molecular formula is C20H19NO3S. The Labute approximate surface area is 149 Å². The third-order valence-corrected chi connectivity index (χ3v) is 6.14. The third-order valence-electron chi connectivity index (χ3n) is 4.90. The standard InChI is InChI=1S/C20H19NO3S/c22-19-18-14-8-4-5-9-16(14)25-17(18)12-15(20(23)24)21(19)11-10-13-6-2-1-3-7-13/h1-3,6-7,12H,4-5,8-11H2,(H,23,24). The van der Waals surface area contributed by atoms with Gasteiger partial charge in [0, 0.05) is 16.1 Å². The minimum absolute atomic E-state index is 0.0898. The van der Waals surface area contributed by atoms with E-state index in [9.17, 15) is 14.7 Å². The Balaban J connectivity index is 1.83. The van der Waals surface area contributed by atoms with E-state index in [2.05, 4.69) is 0 Å². The van der Waals surface area contributed by atoms with Crippen LogP contribution >= 0.6 is 11.3 Å². The molecule has 4 rings (SSSR count). The Bertz CT molecular complexity index is 1000. The lowest BCUT2D eigenvalue weighted by molar-refractivity contribution is 0.0683. The number of carboxylic acid groups (broad SMARTS) is 1. The highest BCUT2D eigenvalue weighted by molar-refractivity contribution is 7.19. The fraction of sp³-hybridized carbons (Fsp3) is 0.300. The number of carboxylic acids is 1. The molecule has 0 unspecified atom stereocenters. The molecule has 0 spiro atoms. The van der Waals surface area contributed by atoms with Crippen molar-refractivity contribution in [3.8, 4) is 0 Å². The van der Waals surface area contributed by atoms with Crippen LogP contribution in [0.3, 0.4) is 0 Å². The van der Waals surface area contributed by atoms with Crippen LogP contribution in [0.25, 0.3) is 10.1 Å². The highest BCUT2D eigenvalue weighted by Gasteiger charge is 2.22. The Kier molecular flexibility index (Phi) is 4.17. The maximum Gasteiger partial charge on any atom is 0.352 e. The number of benzene rings is 1. The molecule has 0 bridgehead atoms. The van der Waals surface area contributed by atoms with E-state index in [0.717, 1.165) is 46.9 Å². The van der Waals surface area contributed by atoms with Crippen LogP contribution in [-0.2, 0) is 25.8 Å². The van der Waals surface area contributed by atoms with Gasteiger partial charge in [-0.3, -0.25) is 4.79 Å². The molecule has 0 saturated heterocycles. The predicted octanol–water partition coefficient (Wildman–Crippen LogP) is 3.88. The number of hydrogen-bond donors (Lipinski definition) is 1. The topological polar surface area (TPSA) is 59.3 Å². The number of aromatic nitrogens is 1. The average molecular weight is 353 g/mol. The van der Waals surface area contributed by atoms with E-state index in [1.54, 1.807) is 17.4 Å². The first-order valence-corrected chi connectivity index (χ1v) is 9.42. The Morgan fingerprint density at radius 2 is 1.92 bits per heavy atom. The van der Waals surface area contributed by atoms with Crippen molar-refractivity contribution in [3.63, 3.8) is 0 Å². The van der Waals surface area contributed by atoms with E-state index < -0.39 is 5.97 Å². The highest BCUT2D eigenvalue weighted by Crippen LogP contribution is 2.35. The summed E-state index contributed by atoms with van der Waals surface area (Å²) >= 11 is 1.59. The van der Waals surface area contributed by atoms with Gasteiger partial charge in [0.15, 0.2) is 0 Å². The molecule has 128 valence electrons. The van der Waals surface area contributed by atoms with Crippen molar-refractivity contribution in [2.75, 3.05) is 0 Å². The van der Waals surface area contributed by atoms with Gasteiger partial charge in [0.25, 0.3) is 5.56 Å². The van der Waals surface area contributed by atoms with Gasteiger partial charge >= 0.3 is 5.97 Å². The van der Waals surface area contributed by atoms with Crippen LogP contribution in [0.1, 0.15) is 39.3 Å². The van der Waals surface area contributed by atoms with Gasteiger partial charge in [-0.1, -0.05) is 30.3 Å². The van der Waals surface area contributed by atoms with Crippen molar-refractivity contribution < 1.29 is 9.90 Å². The molecule has 2 aromatic heterocycles. The summed E-state index contributed by atoms with van der Waals surface area (Å²) in [5.41, 5.74) is 2.19. The Hall–Kier alpha value is -2.40. The second kappa shape index (κ2) is 6.48. The molecule has 3 aromatic rings. The summed E-state index contributed by atoms with van der Waals surface area (Å²) in [4.78, 5) is 26.1. The van der Waals surface area contributed by atoms with Crippen molar-refractivity contribution >= 4 is 27.4 Å². The summed E-state index contributed by atoms with van der Waals surface area (Å²) in [6.07, 6.45) is 4.81. The largest absolute Gasteiger partial charge is 0.477 e. The number of rotatable bonds is 4. The zero-order valence-corrected chi connectivity index (χ0v) is 14.6. The molecule has 4 nitrogen and oxygen atoms in total. The van der Waals surface area contributed by atoms with E-state index >= 15 is 0 Å². The molecule has 1 N–H and O–H groups in total. The molecule has 5 heteroatoms. The molecule has 25 heavy (non-hydrogen) atoms. The number of carbonyl (C=O) groups is 1. The predicted molar refractivity (Wildman–Crippen MR) is 99.8 cm³/mol. The molecular weight excluding hydrogens is 334 g/mol. The molecule has 0 amide bonds. The lowest BCUT2D eigenvalue weighted by Crippen LogP contribution is -2.27. The molecule has 0 atom stereocenters. The number of hydrogen-bond acceptors (Lipinski definition) is 3. The zero-order chi connectivity index (χ0) is 17.4. The summed E-state index contributed by atoms with van der Waals surface area (Å²) < 4.78 is 2.27. The molecule has 0 fully saturated rings. The second-order valence-electron chi connectivity index (χ2n) is 6.48. The number of aromatic carboxylic acids is 1. The summed E-state index contributed by atoms with van der Waals surface area (Å²) in [7, 11) is 0. The van der Waals surface area contributed by atoms with E-state index in [1.165, 1.54) is 9.44 Å². The fourth-order valence-electron chi connectivity index (χ4n) is 3.65. The van der Waals surface area contributed by atoms with Gasteiger partial charge < -0.3 is 9.67 Å². The quantitative estimate of drug-likeness (QED) is 0.774. The number of thiophene rings is 1. The molecule has 1 aliphatic carbocycles. The Morgan fingerprint density at radius 1 is 1.16 bits per heavy atom. The van der Waals surface area contributed by atoms with Gasteiger partial charge in [-0.2, -0.15) is 0 Å². The first kappa shape index (κ1) is 16.1. The summed E-state index contributed by atoms with van der Waals surface area (Å²) in [6.45, 7) is 0.380. The smallest absolute Gasteiger partial charge is 0.352 e. The van der Waals surface area contributed by atoms with Crippen molar-refractivity contribution in [1.29, 1.82) is 0 Å². The van der Waals surface area contributed by atoms with Crippen LogP contribution in [0.4, 0.5) is 0 Å². The molecule has 1 aliphatic rings. The van der Waals surface area contributed by atoms with E-state index in [0.29, 0.717) is 13.0 Å². The van der Waals surface area contributed by atoms with Gasteiger partial charge in [0.05, 0.1) is 5.39 Å². The summed E-state index contributed by atoms with van der Waals surface area (Å²) in [5.74, 6) is -1.04. The zero-order valence-electron chi connectivity index (χ0n) is 13.8. The first-order valence-electron chi connectivity index (χ1n) is 8.60. The Morgan fingerprint density at radius 3 is 2.68 bits per heavy atom. The van der Waals surface area contributed by atoms with Crippen LogP contribution in [0.2, 0.25) is 0 Å². The first-order chi connectivity index (χ1) is 12.1. The lowest BCUT2D eigenvalue weighted by Gasteiger charge is -2.13. The van der Waals surface area contributed by atoms with E-state index in [4.69, 9.17) is 0 Å². The van der Waals surface area contributed by atoms with Gasteiger partial charge in [-0.25, -0.2) is 4.79 Å². The minimum Gasteiger partial charge on any atom is -0.477 e. The maximum absolute atomic E-state index is 13.1. The number of nitrogens with zero attached hydrogens (tertiary/aromatic N) is 1. The van der Waals surface area contributed by atoms with E-state index in [-0.39, 0.29) is 11.3 Å². The van der Waals surface area contributed by atoms with Crippen molar-refractivity contribution in [1.82, 2.24) is 4.57 Å². The van der Waals surface area contributed by atoms with Gasteiger partial charge in [0.2, 0.25) is 0 Å². The fourth-order valence-corrected chi connectivity index (χ4v) is 4.98. The van der Waals surface area contributed by atoms with Crippen LogP contribution in [0, 0.1) is 0 Å². The molecule has 0 radical (unpaired) electrons. The van der Waals surface area contributed by atoms with Crippen molar-refractivity contribution in [2.45, 2.75) is 38.6 Å². The highest BCUT2D eigenvalue weighted by atomic mass is 32.1. The molecule has 2 heterocycles. The second-order valence-corrected chi connectivity index (χ2v) is 7.61. The van der Waals surface area contributed by atoms with Crippen molar-refractivity contribution in [2.24, 2.45) is 0 Å². The van der Waals surface area contributed by atoms with E-state index in [1.807, 2.05) is 30.3 Å². The summed E-state index contributed by atoms with van der Waals surface area (Å²) in [6, 6.07) is 11.5. The SMILES string of the molecule is O=C(O)c1cc2sc3c(c2c(=O)n1CCc1ccccc1)CCCC3. The molecule has 0 aliphatic heterocycles. The van der Waals surface area contributed by atoms with Crippen LogP contribution < -0.4 is 5.56 Å². The third kappa shape index (κ3) is 2.89. The number of pyridine rings is 1. The van der Waals surface area contributed by atoms with Crippen LogP contribution in [0.15, 0.2) is 41.2 Å². The van der Waals surface area contributed by atoms with Gasteiger partial charge in [-0.15, -0.1) is 11.3 Å². The number of aryl methyl sites for hydroxylation is 3. The van der Waals surface area contributed by atoms with Crippen LogP contribution in [0.5, 0.6) is 0 Å². The lowest BCUT2D eigenvalue weighted by atomic mass is 9.96. The number of fused-ring (bicyclic) bond motifs is 3. The average Bonchev–Trinajstić information content (AvgIpc) is 3.00. The summed E-state index contributed by atoms with van der Waals surface area (Å²) in [5, 5.41) is 10.3. The van der Waals surface area contributed by atoms with Gasteiger partial charge in [-0.05, 0) is 49.3 Å². The van der Waals surface area contributed by atoms with Gasteiger partial charge in [0.1, 0.15) is 5.69 Å². The normalized spacial score (nSPS) is 13.8. The molecule has 1 aromatic carbocycles. The van der Waals surface area contributed by atoms with Crippen LogP contribution in [-0.4, -0.2) is 15.6 Å². The van der Waals surface area contributed by atoms with Crippen molar-refractivity contribution in [3.05, 3.63) is 68.4 Å². The molecule has 0 saturated carbocycles. The maximum atomic E-state index is 13.1. The monoisotopic (exact) mass is 353 g/mol.